The number of benzene rings is 1. The van der Waals surface area contributed by atoms with E-state index in [1.165, 1.54) is 0 Å². The lowest BCUT2D eigenvalue weighted by atomic mass is 9.97. The molecule has 0 saturated carbocycles. The van der Waals surface area contributed by atoms with Gasteiger partial charge >= 0.3 is 0 Å². The van der Waals surface area contributed by atoms with Gasteiger partial charge in [-0.05, 0) is 13.0 Å². The lowest BCUT2D eigenvalue weighted by Gasteiger charge is -2.08. The van der Waals surface area contributed by atoms with E-state index in [-0.39, 0.29) is 10.6 Å². The molecule has 0 bridgehead atoms. The zero-order valence-corrected chi connectivity index (χ0v) is 7.77. The number of nitro groups is 1. The average Bonchev–Trinajstić information content (AvgIpc) is 2.70. The second kappa shape index (κ2) is 3.75. The van der Waals surface area contributed by atoms with Crippen molar-refractivity contribution in [3.8, 4) is 0 Å². The fourth-order valence-electron chi connectivity index (χ4n) is 1.92. The van der Waals surface area contributed by atoms with Crippen molar-refractivity contribution < 1.29 is 4.92 Å². The van der Waals surface area contributed by atoms with E-state index in [1.54, 1.807) is 12.1 Å². The van der Waals surface area contributed by atoms with Gasteiger partial charge in [-0.25, -0.2) is 0 Å². The molecule has 0 radical (unpaired) electrons. The van der Waals surface area contributed by atoms with Crippen LogP contribution in [-0.4, -0.2) is 18.0 Å². The SMILES string of the molecule is O=[N+]([O-])c1ccccc1C1CCNC1. The maximum Gasteiger partial charge on any atom is 0.272 e. The fraction of sp³-hybridized carbons (Fsp3) is 0.400. The van der Waals surface area contributed by atoms with Gasteiger partial charge in [0, 0.05) is 24.1 Å². The number of rotatable bonds is 2. The van der Waals surface area contributed by atoms with Gasteiger partial charge in [-0.3, -0.25) is 10.1 Å². The molecule has 14 heavy (non-hydrogen) atoms. The molecule has 74 valence electrons. The molecule has 1 unspecified atom stereocenters. The highest BCUT2D eigenvalue weighted by molar-refractivity contribution is 5.42. The van der Waals surface area contributed by atoms with Gasteiger partial charge in [-0.1, -0.05) is 18.2 Å². The molecule has 2 rings (SSSR count). The Bertz CT molecular complexity index is 346. The number of nitro benzene ring substituents is 1. The zero-order valence-electron chi connectivity index (χ0n) is 7.77. The molecule has 1 aromatic carbocycles. The van der Waals surface area contributed by atoms with Gasteiger partial charge in [0.15, 0.2) is 0 Å². The summed E-state index contributed by atoms with van der Waals surface area (Å²) in [7, 11) is 0. The minimum Gasteiger partial charge on any atom is -0.316 e. The number of hydrogen-bond donors (Lipinski definition) is 1. The summed E-state index contributed by atoms with van der Waals surface area (Å²) in [6, 6.07) is 7.01. The van der Waals surface area contributed by atoms with Gasteiger partial charge in [-0.15, -0.1) is 0 Å². The molecule has 0 aromatic heterocycles. The maximum atomic E-state index is 10.8. The summed E-state index contributed by atoms with van der Waals surface area (Å²) >= 11 is 0. The van der Waals surface area contributed by atoms with Crippen molar-refractivity contribution >= 4 is 5.69 Å². The van der Waals surface area contributed by atoms with E-state index < -0.39 is 0 Å². The van der Waals surface area contributed by atoms with Crippen LogP contribution in [-0.2, 0) is 0 Å². The predicted molar refractivity (Wildman–Crippen MR) is 53.3 cm³/mol. The van der Waals surface area contributed by atoms with Crippen LogP contribution in [0.15, 0.2) is 24.3 Å². The van der Waals surface area contributed by atoms with Crippen molar-refractivity contribution in [3.05, 3.63) is 39.9 Å². The first-order chi connectivity index (χ1) is 6.79. The van der Waals surface area contributed by atoms with Crippen molar-refractivity contribution in [1.82, 2.24) is 5.32 Å². The van der Waals surface area contributed by atoms with Crippen LogP contribution in [0.5, 0.6) is 0 Å². The highest BCUT2D eigenvalue weighted by Crippen LogP contribution is 2.29. The number of nitrogens with one attached hydrogen (secondary N) is 1. The zero-order chi connectivity index (χ0) is 9.97. The van der Waals surface area contributed by atoms with Crippen molar-refractivity contribution in [2.24, 2.45) is 0 Å². The lowest BCUT2D eigenvalue weighted by molar-refractivity contribution is -0.385. The summed E-state index contributed by atoms with van der Waals surface area (Å²) in [6.45, 7) is 1.81. The third-order valence-corrected chi connectivity index (χ3v) is 2.63. The van der Waals surface area contributed by atoms with Crippen LogP contribution < -0.4 is 5.32 Å². The van der Waals surface area contributed by atoms with Gasteiger partial charge in [0.1, 0.15) is 0 Å². The standard InChI is InChI=1S/C10H12N2O2/c13-12(14)10-4-2-1-3-9(10)8-5-6-11-7-8/h1-4,8,11H,5-7H2. The van der Waals surface area contributed by atoms with Gasteiger partial charge in [-0.2, -0.15) is 0 Å². The summed E-state index contributed by atoms with van der Waals surface area (Å²) in [6.07, 6.45) is 0.991. The lowest BCUT2D eigenvalue weighted by Crippen LogP contribution is -2.09. The molecule has 1 aliphatic heterocycles. The normalized spacial score (nSPS) is 21.0. The van der Waals surface area contributed by atoms with Crippen LogP contribution in [0.25, 0.3) is 0 Å². The van der Waals surface area contributed by atoms with E-state index in [0.29, 0.717) is 5.92 Å². The van der Waals surface area contributed by atoms with Gasteiger partial charge in [0.2, 0.25) is 0 Å². The summed E-state index contributed by atoms with van der Waals surface area (Å²) < 4.78 is 0. The smallest absolute Gasteiger partial charge is 0.272 e. The van der Waals surface area contributed by atoms with Crippen LogP contribution >= 0.6 is 0 Å². The maximum absolute atomic E-state index is 10.8. The Kier molecular flexibility index (Phi) is 2.45. The Morgan fingerprint density at radius 2 is 2.21 bits per heavy atom. The molecular weight excluding hydrogens is 180 g/mol. The number of hydrogen-bond acceptors (Lipinski definition) is 3. The Balaban J connectivity index is 2.35. The fourth-order valence-corrected chi connectivity index (χ4v) is 1.92. The largest absolute Gasteiger partial charge is 0.316 e. The molecular formula is C10H12N2O2. The van der Waals surface area contributed by atoms with Crippen molar-refractivity contribution in [2.75, 3.05) is 13.1 Å². The molecule has 0 spiro atoms. The Morgan fingerprint density at radius 3 is 2.86 bits per heavy atom. The Hall–Kier alpha value is -1.42. The van der Waals surface area contributed by atoms with Crippen LogP contribution in [0.1, 0.15) is 17.9 Å². The first-order valence-corrected chi connectivity index (χ1v) is 4.73. The summed E-state index contributed by atoms with van der Waals surface area (Å²) in [5, 5.41) is 14.0. The molecule has 1 N–H and O–H groups in total. The molecule has 0 aliphatic carbocycles. The minimum atomic E-state index is -0.298. The van der Waals surface area contributed by atoms with Crippen molar-refractivity contribution in [1.29, 1.82) is 0 Å². The van der Waals surface area contributed by atoms with Crippen molar-refractivity contribution in [2.45, 2.75) is 12.3 Å². The van der Waals surface area contributed by atoms with Gasteiger partial charge in [0.05, 0.1) is 4.92 Å². The molecule has 1 heterocycles. The summed E-state index contributed by atoms with van der Waals surface area (Å²) in [5.74, 6) is 0.302. The number of nitrogens with zero attached hydrogens (tertiary/aromatic N) is 1. The molecule has 1 aliphatic rings. The molecule has 0 amide bonds. The monoisotopic (exact) mass is 192 g/mol. The van der Waals surface area contributed by atoms with Crippen LogP contribution in [0.3, 0.4) is 0 Å². The van der Waals surface area contributed by atoms with Gasteiger partial charge < -0.3 is 5.32 Å². The third-order valence-electron chi connectivity index (χ3n) is 2.63. The van der Waals surface area contributed by atoms with Crippen LogP contribution in [0, 0.1) is 10.1 Å². The number of para-hydroxylation sites is 1. The summed E-state index contributed by atoms with van der Waals surface area (Å²) in [5.41, 5.74) is 1.11. The molecule has 1 saturated heterocycles. The Morgan fingerprint density at radius 1 is 1.43 bits per heavy atom. The van der Waals surface area contributed by atoms with Gasteiger partial charge in [0.25, 0.3) is 5.69 Å². The first-order valence-electron chi connectivity index (χ1n) is 4.73. The Labute approximate surface area is 82.1 Å². The highest BCUT2D eigenvalue weighted by atomic mass is 16.6. The van der Waals surface area contributed by atoms with Crippen molar-refractivity contribution in [3.63, 3.8) is 0 Å². The summed E-state index contributed by atoms with van der Waals surface area (Å²) in [4.78, 5) is 10.5. The van der Waals surface area contributed by atoms with E-state index in [0.717, 1.165) is 25.1 Å². The molecule has 1 fully saturated rings. The minimum absolute atomic E-state index is 0.251. The predicted octanol–water partition coefficient (Wildman–Crippen LogP) is 1.67. The molecule has 1 aromatic rings. The molecule has 1 atom stereocenters. The van der Waals surface area contributed by atoms with E-state index in [9.17, 15) is 10.1 Å². The highest BCUT2D eigenvalue weighted by Gasteiger charge is 2.23. The van der Waals surface area contributed by atoms with Crippen LogP contribution in [0.2, 0.25) is 0 Å². The van der Waals surface area contributed by atoms with Crippen LogP contribution in [0.4, 0.5) is 5.69 Å². The average molecular weight is 192 g/mol. The second-order valence-corrected chi connectivity index (χ2v) is 3.51. The van der Waals surface area contributed by atoms with E-state index in [1.807, 2.05) is 12.1 Å². The topological polar surface area (TPSA) is 55.2 Å². The molecule has 4 heteroatoms. The van der Waals surface area contributed by atoms with E-state index in [4.69, 9.17) is 0 Å². The first kappa shape index (κ1) is 9.15. The molecule has 4 nitrogen and oxygen atoms in total. The quantitative estimate of drug-likeness (QED) is 0.572. The van der Waals surface area contributed by atoms with E-state index >= 15 is 0 Å². The second-order valence-electron chi connectivity index (χ2n) is 3.51. The third kappa shape index (κ3) is 1.61. The van der Waals surface area contributed by atoms with E-state index in [2.05, 4.69) is 5.32 Å².